The summed E-state index contributed by atoms with van der Waals surface area (Å²) >= 11 is 12.0. The first-order valence-corrected chi connectivity index (χ1v) is 10.6. The molecule has 2 unspecified atom stereocenters. The minimum absolute atomic E-state index is 0.329. The molecule has 3 fully saturated rings. The Labute approximate surface area is 180 Å². The number of carboxylic acid groups (broad SMARTS) is 2. The molecule has 2 bridgehead atoms. The van der Waals surface area contributed by atoms with Gasteiger partial charge in [0.05, 0.1) is 10.0 Å². The second-order valence-electron chi connectivity index (χ2n) is 7.82. The molecule has 2 N–H and O–H groups in total. The number of hydrogen-bond donors (Lipinski definition) is 2. The van der Waals surface area contributed by atoms with Gasteiger partial charge in [-0.15, -0.1) is 0 Å². The predicted molar refractivity (Wildman–Crippen MR) is 111 cm³/mol. The minimum Gasteiger partial charge on any atom is -0.490 e. The fraction of sp³-hybridized carbons (Fsp3) is 0.524. The molecule has 2 aliphatic heterocycles. The molecular weight excluding hydrogens is 417 g/mol. The highest BCUT2D eigenvalue weighted by atomic mass is 35.5. The third-order valence-electron chi connectivity index (χ3n) is 5.57. The van der Waals surface area contributed by atoms with Crippen LogP contribution in [-0.2, 0) is 9.59 Å². The molecule has 0 spiro atoms. The van der Waals surface area contributed by atoms with Crippen LogP contribution >= 0.6 is 23.2 Å². The topological polar surface area (TPSA) is 87.1 Å². The Hall–Kier alpha value is -1.76. The highest BCUT2D eigenvalue weighted by molar-refractivity contribution is 6.42. The quantitative estimate of drug-likeness (QED) is 0.632. The third kappa shape index (κ3) is 6.63. The average Bonchev–Trinajstić information content (AvgIpc) is 3.43. The summed E-state index contributed by atoms with van der Waals surface area (Å²) in [5.41, 5.74) is 0. The van der Waals surface area contributed by atoms with E-state index in [1.54, 1.807) is 0 Å². The fourth-order valence-electron chi connectivity index (χ4n) is 4.10. The lowest BCUT2D eigenvalue weighted by Crippen LogP contribution is -2.47. The Balaban J connectivity index is 0.000000258. The number of benzene rings is 1. The molecule has 2 atom stereocenters. The number of carbonyl (C=O) groups is 2. The summed E-state index contributed by atoms with van der Waals surface area (Å²) in [6, 6.07) is 7.04. The zero-order valence-corrected chi connectivity index (χ0v) is 17.5. The fourth-order valence-corrected chi connectivity index (χ4v) is 4.39. The van der Waals surface area contributed by atoms with Gasteiger partial charge < -0.3 is 14.9 Å². The van der Waals surface area contributed by atoms with Crippen molar-refractivity contribution in [1.82, 2.24) is 4.90 Å². The number of rotatable bonds is 6. The standard InChI is InChI=1S/C17H21Cl2NO.C4H4O4/c18-16-6-5-14(9-17(16)19)21-15-7-12-3-4-13(8-15)20(12)10-11-1-2-11;5-3(6)1-2-4(7)8/h5-6,9,11-13,15H,1-4,7-8,10H2;1-2H,(H,5,6)(H,7,8)/b;2-1+. The van der Waals surface area contributed by atoms with E-state index >= 15 is 0 Å². The van der Waals surface area contributed by atoms with Gasteiger partial charge in [-0.25, -0.2) is 9.59 Å². The van der Waals surface area contributed by atoms with Crippen molar-refractivity contribution in [2.24, 2.45) is 5.92 Å². The van der Waals surface area contributed by atoms with E-state index in [9.17, 15) is 9.59 Å². The highest BCUT2D eigenvalue weighted by Crippen LogP contribution is 2.41. The van der Waals surface area contributed by atoms with Gasteiger partial charge in [0.2, 0.25) is 0 Å². The monoisotopic (exact) mass is 441 g/mol. The maximum absolute atomic E-state index is 9.55. The first-order valence-electron chi connectivity index (χ1n) is 9.83. The van der Waals surface area contributed by atoms with E-state index in [0.717, 1.165) is 36.6 Å². The highest BCUT2D eigenvalue weighted by Gasteiger charge is 2.43. The summed E-state index contributed by atoms with van der Waals surface area (Å²) < 4.78 is 6.17. The third-order valence-corrected chi connectivity index (χ3v) is 6.31. The van der Waals surface area contributed by atoms with Gasteiger partial charge in [0, 0.05) is 36.8 Å². The van der Waals surface area contributed by atoms with Crippen molar-refractivity contribution in [3.8, 4) is 5.75 Å². The lowest BCUT2D eigenvalue weighted by atomic mass is 9.99. The summed E-state index contributed by atoms with van der Waals surface area (Å²) in [6.45, 7) is 1.33. The van der Waals surface area contributed by atoms with Gasteiger partial charge in [-0.05, 0) is 56.6 Å². The van der Waals surface area contributed by atoms with Crippen molar-refractivity contribution < 1.29 is 24.5 Å². The number of ether oxygens (including phenoxy) is 1. The number of nitrogens with zero attached hydrogens (tertiary/aromatic N) is 1. The molecule has 0 aromatic heterocycles. The zero-order valence-electron chi connectivity index (χ0n) is 16.0. The lowest BCUT2D eigenvalue weighted by Gasteiger charge is -2.39. The molecule has 6 nitrogen and oxygen atoms in total. The summed E-state index contributed by atoms with van der Waals surface area (Å²) in [4.78, 5) is 21.9. The minimum atomic E-state index is -1.26. The Morgan fingerprint density at radius 2 is 1.59 bits per heavy atom. The number of hydrogen-bond acceptors (Lipinski definition) is 4. The SMILES string of the molecule is Clc1ccc(OC2CC3CCC(C2)N3CC2CC2)cc1Cl.O=C(O)/C=C/C(=O)O. The van der Waals surface area contributed by atoms with Gasteiger partial charge in [-0.1, -0.05) is 23.2 Å². The maximum atomic E-state index is 9.55. The van der Waals surface area contributed by atoms with Gasteiger partial charge in [-0.3, -0.25) is 4.90 Å². The van der Waals surface area contributed by atoms with E-state index < -0.39 is 11.9 Å². The molecule has 3 aliphatic rings. The van der Waals surface area contributed by atoms with Crippen LogP contribution in [0.25, 0.3) is 0 Å². The molecule has 2 saturated heterocycles. The van der Waals surface area contributed by atoms with Crippen LogP contribution in [0.3, 0.4) is 0 Å². The van der Waals surface area contributed by atoms with E-state index in [0.29, 0.717) is 28.3 Å². The Bertz CT molecular complexity index is 750. The first kappa shape index (κ1) is 21.9. The Kier molecular flexibility index (Phi) is 7.44. The number of piperidine rings is 1. The van der Waals surface area contributed by atoms with Gasteiger partial charge in [0.25, 0.3) is 0 Å². The summed E-state index contributed by atoms with van der Waals surface area (Å²) in [6.07, 6.45) is 9.34. The molecular formula is C21H25Cl2NO5. The molecule has 1 saturated carbocycles. The molecule has 158 valence electrons. The average molecular weight is 442 g/mol. The summed E-state index contributed by atoms with van der Waals surface area (Å²) in [5.74, 6) is -0.676. The number of aliphatic carboxylic acids is 2. The number of fused-ring (bicyclic) bond motifs is 2. The molecule has 0 amide bonds. The van der Waals surface area contributed by atoms with E-state index in [2.05, 4.69) is 4.90 Å². The van der Waals surface area contributed by atoms with Crippen LogP contribution in [0.15, 0.2) is 30.4 Å². The summed E-state index contributed by atoms with van der Waals surface area (Å²) in [5, 5.41) is 16.8. The predicted octanol–water partition coefficient (Wildman–Crippen LogP) is 4.49. The van der Waals surface area contributed by atoms with Crippen molar-refractivity contribution in [3.05, 3.63) is 40.4 Å². The maximum Gasteiger partial charge on any atom is 0.328 e. The van der Waals surface area contributed by atoms with Crippen LogP contribution in [0, 0.1) is 5.92 Å². The van der Waals surface area contributed by atoms with E-state index in [-0.39, 0.29) is 0 Å². The van der Waals surface area contributed by atoms with Crippen LogP contribution in [0.4, 0.5) is 0 Å². The number of carboxylic acids is 2. The normalized spacial score (nSPS) is 26.1. The number of halogens is 2. The van der Waals surface area contributed by atoms with E-state index in [1.807, 2.05) is 18.2 Å². The van der Waals surface area contributed by atoms with Gasteiger partial charge in [0.15, 0.2) is 0 Å². The lowest BCUT2D eigenvalue weighted by molar-refractivity contribution is -0.134. The second kappa shape index (κ2) is 9.83. The van der Waals surface area contributed by atoms with Crippen molar-refractivity contribution in [2.45, 2.75) is 56.7 Å². The molecule has 1 aromatic rings. The van der Waals surface area contributed by atoms with E-state index in [4.69, 9.17) is 38.2 Å². The van der Waals surface area contributed by atoms with Gasteiger partial charge in [0.1, 0.15) is 11.9 Å². The molecule has 2 heterocycles. The van der Waals surface area contributed by atoms with Gasteiger partial charge >= 0.3 is 11.9 Å². The van der Waals surface area contributed by atoms with Crippen LogP contribution in [-0.4, -0.2) is 51.8 Å². The first-order chi connectivity index (χ1) is 13.8. The zero-order chi connectivity index (χ0) is 21.0. The molecule has 4 rings (SSSR count). The van der Waals surface area contributed by atoms with Crippen molar-refractivity contribution in [3.63, 3.8) is 0 Å². The molecule has 8 heteroatoms. The van der Waals surface area contributed by atoms with Crippen LogP contribution in [0.1, 0.15) is 38.5 Å². The van der Waals surface area contributed by atoms with Crippen molar-refractivity contribution in [1.29, 1.82) is 0 Å². The van der Waals surface area contributed by atoms with E-state index in [1.165, 1.54) is 32.2 Å². The van der Waals surface area contributed by atoms with Crippen molar-refractivity contribution >= 4 is 35.1 Å². The Morgan fingerprint density at radius 1 is 1.00 bits per heavy atom. The second-order valence-corrected chi connectivity index (χ2v) is 8.64. The largest absolute Gasteiger partial charge is 0.490 e. The summed E-state index contributed by atoms with van der Waals surface area (Å²) in [7, 11) is 0. The Morgan fingerprint density at radius 3 is 2.07 bits per heavy atom. The van der Waals surface area contributed by atoms with Crippen LogP contribution in [0.5, 0.6) is 5.75 Å². The molecule has 1 aromatic carbocycles. The van der Waals surface area contributed by atoms with Crippen LogP contribution in [0.2, 0.25) is 10.0 Å². The van der Waals surface area contributed by atoms with Crippen molar-refractivity contribution in [2.75, 3.05) is 6.54 Å². The molecule has 1 aliphatic carbocycles. The molecule has 0 radical (unpaired) electrons. The smallest absolute Gasteiger partial charge is 0.328 e. The molecule has 29 heavy (non-hydrogen) atoms. The van der Waals surface area contributed by atoms with Crippen LogP contribution < -0.4 is 4.74 Å². The van der Waals surface area contributed by atoms with Gasteiger partial charge in [-0.2, -0.15) is 0 Å².